The lowest BCUT2D eigenvalue weighted by molar-refractivity contribution is -0.122. The molecule has 1 amide bonds. The Bertz CT molecular complexity index is 970. The van der Waals surface area contributed by atoms with Gasteiger partial charge in [-0.1, -0.05) is 85.3 Å². The van der Waals surface area contributed by atoms with E-state index in [9.17, 15) is 9.59 Å². The van der Waals surface area contributed by atoms with Crippen LogP contribution in [0.4, 0.5) is 5.69 Å². The fourth-order valence-electron chi connectivity index (χ4n) is 4.44. The van der Waals surface area contributed by atoms with Gasteiger partial charge in [0, 0.05) is 36.1 Å². The molecule has 3 aromatic rings. The molecule has 0 unspecified atom stereocenters. The van der Waals surface area contributed by atoms with Crippen molar-refractivity contribution < 1.29 is 9.59 Å². The minimum Gasteiger partial charge on any atom is -0.312 e. The van der Waals surface area contributed by atoms with E-state index in [4.69, 9.17) is 0 Å². The maximum Gasteiger partial charge on any atom is 0.230 e. The van der Waals surface area contributed by atoms with Gasteiger partial charge in [0.1, 0.15) is 0 Å². The van der Waals surface area contributed by atoms with Crippen molar-refractivity contribution in [2.45, 2.75) is 31.6 Å². The molecule has 2 atom stereocenters. The molecule has 1 aliphatic rings. The second-order valence-electron chi connectivity index (χ2n) is 7.94. The number of ketones is 1. The lowest BCUT2D eigenvalue weighted by atomic mass is 9.78. The number of carbonyl (C=O) groups is 2. The highest BCUT2D eigenvalue weighted by Crippen LogP contribution is 2.37. The summed E-state index contributed by atoms with van der Waals surface area (Å²) in [7, 11) is 0. The summed E-state index contributed by atoms with van der Waals surface area (Å²) in [4.78, 5) is 28.7. The molecule has 1 fully saturated rings. The van der Waals surface area contributed by atoms with Gasteiger partial charge in [0.2, 0.25) is 5.91 Å². The summed E-state index contributed by atoms with van der Waals surface area (Å²) < 4.78 is 0. The number of para-hydroxylation sites is 1. The molecule has 0 radical (unpaired) electrons. The highest BCUT2D eigenvalue weighted by molar-refractivity contribution is 5.99. The molecular formula is C27H27NO2. The summed E-state index contributed by atoms with van der Waals surface area (Å²) in [5.41, 5.74) is 2.71. The highest BCUT2D eigenvalue weighted by atomic mass is 16.2. The topological polar surface area (TPSA) is 37.4 Å². The Morgan fingerprint density at radius 2 is 1.43 bits per heavy atom. The Morgan fingerprint density at radius 1 is 0.833 bits per heavy atom. The number of amides is 1. The van der Waals surface area contributed by atoms with Crippen molar-refractivity contribution in [1.29, 1.82) is 0 Å². The second kappa shape index (κ2) is 9.53. The zero-order valence-electron chi connectivity index (χ0n) is 17.1. The van der Waals surface area contributed by atoms with Gasteiger partial charge in [0.25, 0.3) is 0 Å². The van der Waals surface area contributed by atoms with Gasteiger partial charge in [-0.25, -0.2) is 0 Å². The van der Waals surface area contributed by atoms with E-state index in [1.54, 1.807) is 0 Å². The van der Waals surface area contributed by atoms with Crippen LogP contribution in [0.15, 0.2) is 91.0 Å². The third-order valence-corrected chi connectivity index (χ3v) is 6.01. The fourth-order valence-corrected chi connectivity index (χ4v) is 4.44. The van der Waals surface area contributed by atoms with Crippen molar-refractivity contribution in [3.63, 3.8) is 0 Å². The van der Waals surface area contributed by atoms with Crippen molar-refractivity contribution in [3.8, 4) is 0 Å². The van der Waals surface area contributed by atoms with E-state index in [-0.39, 0.29) is 23.5 Å². The summed E-state index contributed by atoms with van der Waals surface area (Å²) in [6.45, 7) is 0.730. The van der Waals surface area contributed by atoms with Crippen LogP contribution in [-0.4, -0.2) is 18.2 Å². The molecule has 1 aliphatic heterocycles. The van der Waals surface area contributed by atoms with Gasteiger partial charge in [-0.3, -0.25) is 9.59 Å². The van der Waals surface area contributed by atoms with Crippen LogP contribution < -0.4 is 4.90 Å². The standard InChI is InChI=1S/C27H27NO2/c29-26(22-14-6-2-7-15-22)20-25(21-12-4-1-5-13-21)24-18-10-11-19-28(27(24)30)23-16-8-3-9-17-23/h1-9,12-17,24-25H,10-11,18-20H2/t24-,25+/m0/s1. The van der Waals surface area contributed by atoms with Crippen molar-refractivity contribution in [2.75, 3.05) is 11.4 Å². The zero-order chi connectivity index (χ0) is 20.8. The van der Waals surface area contributed by atoms with Gasteiger partial charge < -0.3 is 4.90 Å². The van der Waals surface area contributed by atoms with E-state index in [0.717, 1.165) is 37.1 Å². The number of benzene rings is 3. The zero-order valence-corrected chi connectivity index (χ0v) is 17.1. The highest BCUT2D eigenvalue weighted by Gasteiger charge is 2.35. The smallest absolute Gasteiger partial charge is 0.230 e. The quantitative estimate of drug-likeness (QED) is 0.487. The van der Waals surface area contributed by atoms with Gasteiger partial charge >= 0.3 is 0 Å². The Labute approximate surface area is 178 Å². The van der Waals surface area contributed by atoms with Gasteiger partial charge in [-0.15, -0.1) is 0 Å². The van der Waals surface area contributed by atoms with Crippen molar-refractivity contribution >= 4 is 17.4 Å². The van der Waals surface area contributed by atoms with Gasteiger partial charge in [0.05, 0.1) is 0 Å². The van der Waals surface area contributed by atoms with Crippen LogP contribution in [0.25, 0.3) is 0 Å². The minimum atomic E-state index is -0.206. The molecule has 3 heteroatoms. The molecule has 4 rings (SSSR count). The van der Waals surface area contributed by atoms with Crippen LogP contribution in [0.1, 0.15) is 47.5 Å². The van der Waals surface area contributed by atoms with Crippen molar-refractivity contribution in [1.82, 2.24) is 0 Å². The molecule has 1 heterocycles. The van der Waals surface area contributed by atoms with Gasteiger partial charge in [-0.2, -0.15) is 0 Å². The first-order valence-corrected chi connectivity index (χ1v) is 10.7. The average Bonchev–Trinajstić information content (AvgIpc) is 3.00. The number of rotatable bonds is 6. The number of hydrogen-bond donors (Lipinski definition) is 0. The third kappa shape index (κ3) is 4.51. The lowest BCUT2D eigenvalue weighted by Crippen LogP contribution is -2.38. The summed E-state index contributed by atoms with van der Waals surface area (Å²) in [5.74, 6) is -0.111. The van der Waals surface area contributed by atoms with Crippen LogP contribution >= 0.6 is 0 Å². The fraction of sp³-hybridized carbons (Fsp3) is 0.259. The Morgan fingerprint density at radius 3 is 2.10 bits per heavy atom. The molecule has 0 N–H and O–H groups in total. The molecule has 3 nitrogen and oxygen atoms in total. The summed E-state index contributed by atoms with van der Waals surface area (Å²) in [6.07, 6.45) is 3.12. The molecular weight excluding hydrogens is 370 g/mol. The predicted molar refractivity (Wildman–Crippen MR) is 121 cm³/mol. The van der Waals surface area contributed by atoms with Crippen LogP contribution in [0, 0.1) is 5.92 Å². The number of carbonyl (C=O) groups excluding carboxylic acids is 2. The first-order valence-electron chi connectivity index (χ1n) is 10.7. The molecule has 0 spiro atoms. The molecule has 152 valence electrons. The molecule has 3 aromatic carbocycles. The Kier molecular flexibility index (Phi) is 6.38. The van der Waals surface area contributed by atoms with E-state index < -0.39 is 0 Å². The van der Waals surface area contributed by atoms with Crippen molar-refractivity contribution in [2.24, 2.45) is 5.92 Å². The van der Waals surface area contributed by atoms with Gasteiger partial charge in [-0.05, 0) is 30.5 Å². The maximum atomic E-state index is 13.7. The normalized spacial score (nSPS) is 17.9. The number of hydrogen-bond acceptors (Lipinski definition) is 2. The molecule has 0 bridgehead atoms. The summed E-state index contributed by atoms with van der Waals surface area (Å²) >= 11 is 0. The maximum absolute atomic E-state index is 13.7. The summed E-state index contributed by atoms with van der Waals surface area (Å²) in [5, 5.41) is 0. The molecule has 0 saturated carbocycles. The Balaban J connectivity index is 1.66. The molecule has 0 aromatic heterocycles. The van der Waals surface area contributed by atoms with Crippen LogP contribution in [0.3, 0.4) is 0 Å². The van der Waals surface area contributed by atoms with Gasteiger partial charge in [0.15, 0.2) is 5.78 Å². The lowest BCUT2D eigenvalue weighted by Gasteiger charge is -2.30. The van der Waals surface area contributed by atoms with Crippen LogP contribution in [0.5, 0.6) is 0 Å². The number of nitrogens with zero attached hydrogens (tertiary/aromatic N) is 1. The predicted octanol–water partition coefficient (Wildman–Crippen LogP) is 5.88. The Hall–Kier alpha value is -3.20. The van der Waals surface area contributed by atoms with E-state index in [0.29, 0.717) is 12.0 Å². The first kappa shape index (κ1) is 20.1. The largest absolute Gasteiger partial charge is 0.312 e. The van der Waals surface area contributed by atoms with E-state index >= 15 is 0 Å². The SMILES string of the molecule is O=C(C[C@H](c1ccccc1)[C@@H]1CCCCN(c2ccccc2)C1=O)c1ccccc1. The average molecular weight is 398 g/mol. The van der Waals surface area contributed by atoms with E-state index in [1.165, 1.54) is 0 Å². The number of Topliss-reactive ketones (excluding diaryl/α,β-unsaturated/α-hetero) is 1. The first-order chi connectivity index (χ1) is 14.7. The van der Waals surface area contributed by atoms with Crippen LogP contribution in [0.2, 0.25) is 0 Å². The minimum absolute atomic E-state index is 0.0905. The second-order valence-corrected chi connectivity index (χ2v) is 7.94. The molecule has 1 saturated heterocycles. The molecule has 0 aliphatic carbocycles. The third-order valence-electron chi connectivity index (χ3n) is 6.01. The summed E-state index contributed by atoms with van der Waals surface area (Å²) in [6, 6.07) is 29.4. The van der Waals surface area contributed by atoms with Crippen LogP contribution in [-0.2, 0) is 4.79 Å². The van der Waals surface area contributed by atoms with E-state index in [1.807, 2.05) is 95.9 Å². The monoisotopic (exact) mass is 397 g/mol. The molecule has 30 heavy (non-hydrogen) atoms. The van der Waals surface area contributed by atoms with Crippen molar-refractivity contribution in [3.05, 3.63) is 102 Å². The van der Waals surface area contributed by atoms with E-state index in [2.05, 4.69) is 0 Å². The number of anilines is 1.